The Morgan fingerprint density at radius 2 is 2.18 bits per heavy atom. The highest BCUT2D eigenvalue weighted by Gasteiger charge is 2.12. The minimum Gasteiger partial charge on any atom is -0.308 e. The molecule has 0 amide bonds. The average Bonchev–Trinajstić information content (AvgIpc) is 2.25. The number of nitriles is 1. The van der Waals surface area contributed by atoms with E-state index in [4.69, 9.17) is 5.26 Å². The fourth-order valence-electron chi connectivity index (χ4n) is 1.62. The zero-order valence-electron chi connectivity index (χ0n) is 10.5. The molecule has 0 saturated heterocycles. The van der Waals surface area contributed by atoms with Crippen LogP contribution in [-0.4, -0.2) is 32.1 Å². The van der Waals surface area contributed by atoms with Gasteiger partial charge in [-0.15, -0.1) is 0 Å². The lowest BCUT2D eigenvalue weighted by atomic mass is 10.0. The second-order valence-corrected chi connectivity index (χ2v) is 4.32. The van der Waals surface area contributed by atoms with Gasteiger partial charge in [-0.1, -0.05) is 6.07 Å². The second-order valence-electron chi connectivity index (χ2n) is 4.32. The molecular formula is C13H18FN3. The first-order valence-electron chi connectivity index (χ1n) is 5.58. The van der Waals surface area contributed by atoms with Crippen molar-refractivity contribution < 1.29 is 4.39 Å². The molecule has 0 aromatic heterocycles. The lowest BCUT2D eigenvalue weighted by Crippen LogP contribution is -2.29. The van der Waals surface area contributed by atoms with E-state index in [0.29, 0.717) is 0 Å². The first-order chi connectivity index (χ1) is 8.04. The van der Waals surface area contributed by atoms with Crippen molar-refractivity contribution in [3.63, 3.8) is 0 Å². The van der Waals surface area contributed by atoms with Gasteiger partial charge in [-0.25, -0.2) is 4.39 Å². The van der Waals surface area contributed by atoms with Crippen molar-refractivity contribution in [3.05, 3.63) is 35.1 Å². The Bertz CT molecular complexity index is 410. The van der Waals surface area contributed by atoms with Crippen molar-refractivity contribution in [3.8, 4) is 6.07 Å². The maximum absolute atomic E-state index is 13.0. The van der Waals surface area contributed by atoms with Crippen LogP contribution in [0.15, 0.2) is 18.2 Å². The highest BCUT2D eigenvalue weighted by molar-refractivity contribution is 5.32. The Hall–Kier alpha value is -1.44. The number of hydrogen-bond donors (Lipinski definition) is 1. The number of rotatable bonds is 5. The third-order valence-electron chi connectivity index (χ3n) is 2.58. The standard InChI is InChI=1S/C13H18FN3/c1-10-8-11(14)4-5-12(10)13(9-15)16-6-7-17(2)3/h4-5,8,13,16H,6-7H2,1-3H3. The smallest absolute Gasteiger partial charge is 0.123 e. The fraction of sp³-hybridized carbons (Fsp3) is 0.462. The normalized spacial score (nSPS) is 12.5. The monoisotopic (exact) mass is 235 g/mol. The molecule has 0 bridgehead atoms. The molecule has 1 unspecified atom stereocenters. The van der Waals surface area contributed by atoms with Crippen LogP contribution in [0, 0.1) is 24.1 Å². The van der Waals surface area contributed by atoms with Crippen LogP contribution in [0.1, 0.15) is 17.2 Å². The third-order valence-corrected chi connectivity index (χ3v) is 2.58. The summed E-state index contributed by atoms with van der Waals surface area (Å²) in [6, 6.07) is 6.33. The molecule has 1 rings (SSSR count). The van der Waals surface area contributed by atoms with Gasteiger partial charge in [-0.05, 0) is 44.3 Å². The summed E-state index contributed by atoms with van der Waals surface area (Å²) in [4.78, 5) is 2.04. The van der Waals surface area contributed by atoms with E-state index in [1.807, 2.05) is 25.9 Å². The molecule has 0 radical (unpaired) electrons. The summed E-state index contributed by atoms with van der Waals surface area (Å²) < 4.78 is 13.0. The fourth-order valence-corrected chi connectivity index (χ4v) is 1.62. The second kappa shape index (κ2) is 6.33. The molecule has 0 fully saturated rings. The Morgan fingerprint density at radius 1 is 1.47 bits per heavy atom. The third kappa shape index (κ3) is 4.14. The van der Waals surface area contributed by atoms with Gasteiger partial charge in [0.05, 0.1) is 6.07 Å². The lowest BCUT2D eigenvalue weighted by Gasteiger charge is -2.16. The summed E-state index contributed by atoms with van der Waals surface area (Å²) in [7, 11) is 3.96. The molecule has 1 atom stereocenters. The molecule has 17 heavy (non-hydrogen) atoms. The summed E-state index contributed by atoms with van der Waals surface area (Å²) in [5.41, 5.74) is 1.64. The number of hydrogen-bond acceptors (Lipinski definition) is 3. The van der Waals surface area contributed by atoms with Crippen LogP contribution in [-0.2, 0) is 0 Å². The SMILES string of the molecule is Cc1cc(F)ccc1C(C#N)NCCN(C)C. The predicted molar refractivity (Wildman–Crippen MR) is 66.0 cm³/mol. The van der Waals surface area contributed by atoms with Gasteiger partial charge in [0.1, 0.15) is 11.9 Å². The average molecular weight is 235 g/mol. The predicted octanol–water partition coefficient (Wildman–Crippen LogP) is 1.85. The number of nitrogens with zero attached hydrogens (tertiary/aromatic N) is 2. The van der Waals surface area contributed by atoms with Gasteiger partial charge in [0.2, 0.25) is 0 Å². The van der Waals surface area contributed by atoms with Crippen molar-refractivity contribution in [2.75, 3.05) is 27.2 Å². The molecule has 92 valence electrons. The van der Waals surface area contributed by atoms with E-state index >= 15 is 0 Å². The lowest BCUT2D eigenvalue weighted by molar-refractivity contribution is 0.395. The molecule has 0 saturated carbocycles. The molecule has 0 spiro atoms. The Labute approximate surface area is 102 Å². The zero-order valence-corrected chi connectivity index (χ0v) is 10.5. The number of likely N-dealkylation sites (N-methyl/N-ethyl adjacent to an activating group) is 1. The minimum atomic E-state index is -0.379. The van der Waals surface area contributed by atoms with E-state index in [1.165, 1.54) is 12.1 Å². The van der Waals surface area contributed by atoms with Crippen LogP contribution in [0.5, 0.6) is 0 Å². The van der Waals surface area contributed by atoms with Crippen molar-refractivity contribution in [1.82, 2.24) is 10.2 Å². The van der Waals surface area contributed by atoms with E-state index in [2.05, 4.69) is 11.4 Å². The van der Waals surface area contributed by atoms with E-state index < -0.39 is 0 Å². The molecule has 1 aromatic rings. The topological polar surface area (TPSA) is 39.1 Å². The summed E-state index contributed by atoms with van der Waals surface area (Å²) >= 11 is 0. The van der Waals surface area contributed by atoms with Crippen LogP contribution >= 0.6 is 0 Å². The van der Waals surface area contributed by atoms with Gasteiger partial charge in [-0.3, -0.25) is 5.32 Å². The highest BCUT2D eigenvalue weighted by Crippen LogP contribution is 2.17. The van der Waals surface area contributed by atoms with Crippen LogP contribution in [0.4, 0.5) is 4.39 Å². The molecule has 3 nitrogen and oxygen atoms in total. The first-order valence-corrected chi connectivity index (χ1v) is 5.58. The summed E-state index contributed by atoms with van der Waals surface area (Å²) in [6.45, 7) is 3.40. The molecule has 1 N–H and O–H groups in total. The number of nitrogens with one attached hydrogen (secondary N) is 1. The maximum Gasteiger partial charge on any atom is 0.123 e. The van der Waals surface area contributed by atoms with Gasteiger partial charge >= 0.3 is 0 Å². The van der Waals surface area contributed by atoms with Crippen LogP contribution in [0.2, 0.25) is 0 Å². The quantitative estimate of drug-likeness (QED) is 0.846. The summed E-state index contributed by atoms with van der Waals surface area (Å²) in [5, 5.41) is 12.3. The van der Waals surface area contributed by atoms with Crippen molar-refractivity contribution in [2.45, 2.75) is 13.0 Å². The maximum atomic E-state index is 13.0. The number of aryl methyl sites for hydroxylation is 1. The molecule has 4 heteroatoms. The number of halogens is 1. The van der Waals surface area contributed by atoms with Crippen molar-refractivity contribution in [1.29, 1.82) is 5.26 Å². The van der Waals surface area contributed by atoms with Crippen LogP contribution in [0.3, 0.4) is 0 Å². The van der Waals surface area contributed by atoms with E-state index in [1.54, 1.807) is 6.07 Å². The molecule has 0 aliphatic rings. The van der Waals surface area contributed by atoms with Gasteiger partial charge in [0.15, 0.2) is 0 Å². The Morgan fingerprint density at radius 3 is 2.71 bits per heavy atom. The highest BCUT2D eigenvalue weighted by atomic mass is 19.1. The summed E-state index contributed by atoms with van der Waals surface area (Å²) in [6.07, 6.45) is 0. The molecule has 0 heterocycles. The van der Waals surface area contributed by atoms with Crippen molar-refractivity contribution >= 4 is 0 Å². The first kappa shape index (κ1) is 13.6. The van der Waals surface area contributed by atoms with E-state index in [0.717, 1.165) is 24.2 Å². The van der Waals surface area contributed by atoms with Crippen LogP contribution in [0.25, 0.3) is 0 Å². The molecule has 0 aliphatic heterocycles. The Kier molecular flexibility index (Phi) is 5.08. The van der Waals surface area contributed by atoms with Crippen LogP contribution < -0.4 is 5.32 Å². The van der Waals surface area contributed by atoms with Gasteiger partial charge < -0.3 is 4.90 Å². The molecule has 1 aromatic carbocycles. The van der Waals surface area contributed by atoms with Crippen molar-refractivity contribution in [2.24, 2.45) is 0 Å². The molecule has 0 aliphatic carbocycles. The van der Waals surface area contributed by atoms with E-state index in [-0.39, 0.29) is 11.9 Å². The number of benzene rings is 1. The van der Waals surface area contributed by atoms with Gasteiger partial charge in [-0.2, -0.15) is 5.26 Å². The minimum absolute atomic E-state index is 0.267. The van der Waals surface area contributed by atoms with E-state index in [9.17, 15) is 4.39 Å². The largest absolute Gasteiger partial charge is 0.308 e. The van der Waals surface area contributed by atoms with Gasteiger partial charge in [0, 0.05) is 13.1 Å². The zero-order chi connectivity index (χ0) is 12.8. The molecular weight excluding hydrogens is 217 g/mol. The summed E-state index contributed by atoms with van der Waals surface area (Å²) in [5.74, 6) is -0.267. The Balaban J connectivity index is 2.70. The van der Waals surface area contributed by atoms with Gasteiger partial charge in [0.25, 0.3) is 0 Å².